The van der Waals surface area contributed by atoms with Gasteiger partial charge in [0.2, 0.25) is 0 Å². The van der Waals surface area contributed by atoms with Crippen molar-refractivity contribution in [2.75, 3.05) is 19.8 Å². The Labute approximate surface area is 134 Å². The van der Waals surface area contributed by atoms with Crippen LogP contribution in [-0.2, 0) is 14.3 Å². The monoisotopic (exact) mass is 375 g/mol. The molecule has 0 saturated carbocycles. The Bertz CT molecular complexity index is 574. The molecule has 120 valence electrons. The number of carbonyl (C=O) groups is 2. The molecule has 6 nitrogen and oxygen atoms in total. The summed E-state index contributed by atoms with van der Waals surface area (Å²) >= 11 is 3.11. The minimum Gasteiger partial charge on any atom is -0.481 e. The van der Waals surface area contributed by atoms with E-state index in [0.717, 1.165) is 0 Å². The Morgan fingerprint density at radius 2 is 2.09 bits per heavy atom. The lowest BCUT2D eigenvalue weighted by Gasteiger charge is -2.33. The highest BCUT2D eigenvalue weighted by molar-refractivity contribution is 9.10. The summed E-state index contributed by atoms with van der Waals surface area (Å²) in [5, 5.41) is 11.8. The van der Waals surface area contributed by atoms with Gasteiger partial charge in [0, 0.05) is 30.5 Å². The Kier molecular flexibility index (Phi) is 5.36. The van der Waals surface area contributed by atoms with Gasteiger partial charge in [0.05, 0.1) is 0 Å². The molecule has 1 aromatic carbocycles. The summed E-state index contributed by atoms with van der Waals surface area (Å²) in [5.41, 5.74) is -1.35. The molecule has 0 unspecified atom stereocenters. The van der Waals surface area contributed by atoms with E-state index in [1.165, 1.54) is 12.1 Å². The normalized spacial score (nSPS) is 16.8. The van der Waals surface area contributed by atoms with Gasteiger partial charge < -0.3 is 19.9 Å². The van der Waals surface area contributed by atoms with Gasteiger partial charge in [0.1, 0.15) is 5.54 Å². The molecule has 8 heteroatoms. The molecule has 0 radical (unpaired) electrons. The molecule has 1 aliphatic heterocycles. The Morgan fingerprint density at radius 3 is 2.68 bits per heavy atom. The molecule has 1 heterocycles. The molecule has 1 amide bonds. The lowest BCUT2D eigenvalue weighted by molar-refractivity contribution is -0.152. The third-order valence-corrected chi connectivity index (χ3v) is 3.88. The van der Waals surface area contributed by atoms with Crippen LogP contribution in [0.2, 0.25) is 0 Å². The second-order valence-corrected chi connectivity index (χ2v) is 5.83. The summed E-state index contributed by atoms with van der Waals surface area (Å²) in [6.45, 7) is 0.0536. The van der Waals surface area contributed by atoms with Gasteiger partial charge in [-0.25, -0.2) is 9.18 Å². The Morgan fingerprint density at radius 1 is 1.41 bits per heavy atom. The van der Waals surface area contributed by atoms with Crippen LogP contribution >= 0.6 is 15.9 Å². The second-order valence-electron chi connectivity index (χ2n) is 4.91. The van der Waals surface area contributed by atoms with Gasteiger partial charge in [0.15, 0.2) is 18.2 Å². The molecule has 1 aromatic rings. The number of ether oxygens (including phenoxy) is 2. The number of nitrogens with one attached hydrogen (secondary N) is 1. The topological polar surface area (TPSA) is 84.9 Å². The predicted octanol–water partition coefficient (Wildman–Crippen LogP) is 1.72. The van der Waals surface area contributed by atoms with Crippen LogP contribution in [0.15, 0.2) is 22.7 Å². The third-order valence-electron chi connectivity index (χ3n) is 3.39. The minimum absolute atomic E-state index is 0.0743. The number of carbonyl (C=O) groups excluding carboxylic acids is 1. The smallest absolute Gasteiger partial charge is 0.329 e. The van der Waals surface area contributed by atoms with Crippen LogP contribution in [-0.4, -0.2) is 42.3 Å². The first-order valence-electron chi connectivity index (χ1n) is 6.63. The highest BCUT2D eigenvalue weighted by Gasteiger charge is 2.41. The maximum absolute atomic E-state index is 13.6. The van der Waals surface area contributed by atoms with Crippen molar-refractivity contribution < 1.29 is 28.6 Å². The quantitative estimate of drug-likeness (QED) is 0.818. The molecule has 0 atom stereocenters. The van der Waals surface area contributed by atoms with Crippen LogP contribution in [0.25, 0.3) is 0 Å². The average Bonchev–Trinajstić information content (AvgIpc) is 2.47. The number of hydrogen-bond acceptors (Lipinski definition) is 4. The van der Waals surface area contributed by atoms with E-state index in [2.05, 4.69) is 21.2 Å². The average molecular weight is 376 g/mol. The highest BCUT2D eigenvalue weighted by Crippen LogP contribution is 2.23. The lowest BCUT2D eigenvalue weighted by Crippen LogP contribution is -2.58. The standard InChI is InChI=1S/C14H15BrFNO5/c15-9-1-2-11(10(16)7-9)22-8-12(18)17-14(13(19)20)3-5-21-6-4-14/h1-2,7H,3-6,8H2,(H,17,18)(H,19,20). The molecule has 0 aromatic heterocycles. The van der Waals surface area contributed by atoms with Gasteiger partial charge in [-0.2, -0.15) is 0 Å². The van der Waals surface area contributed by atoms with Crippen molar-refractivity contribution >= 4 is 27.8 Å². The second kappa shape index (κ2) is 7.06. The zero-order valence-electron chi connectivity index (χ0n) is 11.6. The maximum Gasteiger partial charge on any atom is 0.329 e. The number of carboxylic acid groups (broad SMARTS) is 1. The first-order valence-corrected chi connectivity index (χ1v) is 7.42. The molecular formula is C14H15BrFNO5. The van der Waals surface area contributed by atoms with Crippen LogP contribution in [0.5, 0.6) is 5.75 Å². The molecule has 1 saturated heterocycles. The van der Waals surface area contributed by atoms with E-state index in [-0.39, 0.29) is 31.8 Å². The van der Waals surface area contributed by atoms with E-state index < -0.39 is 29.8 Å². The molecule has 2 N–H and O–H groups in total. The lowest BCUT2D eigenvalue weighted by atomic mass is 9.90. The van der Waals surface area contributed by atoms with Crippen molar-refractivity contribution in [3.63, 3.8) is 0 Å². The van der Waals surface area contributed by atoms with E-state index in [9.17, 15) is 19.1 Å². The number of rotatable bonds is 5. The first-order chi connectivity index (χ1) is 10.4. The number of hydrogen-bond donors (Lipinski definition) is 2. The van der Waals surface area contributed by atoms with Crippen LogP contribution < -0.4 is 10.1 Å². The molecule has 22 heavy (non-hydrogen) atoms. The summed E-state index contributed by atoms with van der Waals surface area (Å²) in [6.07, 6.45) is 0.363. The van der Waals surface area contributed by atoms with Crippen LogP contribution in [0.3, 0.4) is 0 Å². The predicted molar refractivity (Wildman–Crippen MR) is 78.2 cm³/mol. The maximum atomic E-state index is 13.6. The number of carboxylic acids is 1. The van der Waals surface area contributed by atoms with E-state index >= 15 is 0 Å². The van der Waals surface area contributed by atoms with Crippen molar-refractivity contribution in [1.82, 2.24) is 5.32 Å². The summed E-state index contributed by atoms with van der Waals surface area (Å²) in [7, 11) is 0. The summed E-state index contributed by atoms with van der Waals surface area (Å²) < 4.78 is 24.3. The van der Waals surface area contributed by atoms with Crippen molar-refractivity contribution in [2.24, 2.45) is 0 Å². The molecule has 0 aliphatic carbocycles. The highest BCUT2D eigenvalue weighted by atomic mass is 79.9. The van der Waals surface area contributed by atoms with E-state index in [1.54, 1.807) is 6.07 Å². The Balaban J connectivity index is 1.95. The molecular weight excluding hydrogens is 361 g/mol. The first kappa shape index (κ1) is 16.7. The SMILES string of the molecule is O=C(COc1ccc(Br)cc1F)NC1(C(=O)O)CCOCC1. The van der Waals surface area contributed by atoms with Crippen LogP contribution in [0.1, 0.15) is 12.8 Å². The molecule has 2 rings (SSSR count). The third kappa shape index (κ3) is 3.95. The van der Waals surface area contributed by atoms with Gasteiger partial charge in [-0.05, 0) is 18.2 Å². The van der Waals surface area contributed by atoms with Crippen molar-refractivity contribution in [2.45, 2.75) is 18.4 Å². The fourth-order valence-corrected chi connectivity index (χ4v) is 2.48. The van der Waals surface area contributed by atoms with Gasteiger partial charge in [-0.15, -0.1) is 0 Å². The van der Waals surface area contributed by atoms with E-state index in [0.29, 0.717) is 4.47 Å². The number of aliphatic carboxylic acids is 1. The van der Waals surface area contributed by atoms with Gasteiger partial charge in [-0.1, -0.05) is 15.9 Å². The number of amides is 1. The Hall–Kier alpha value is -1.67. The summed E-state index contributed by atoms with van der Waals surface area (Å²) in [5.74, 6) is -2.42. The molecule has 0 spiro atoms. The fourth-order valence-electron chi connectivity index (χ4n) is 2.15. The van der Waals surface area contributed by atoms with Crippen molar-refractivity contribution in [3.8, 4) is 5.75 Å². The van der Waals surface area contributed by atoms with Crippen LogP contribution in [0.4, 0.5) is 4.39 Å². The number of benzene rings is 1. The zero-order valence-corrected chi connectivity index (χ0v) is 13.2. The molecule has 1 fully saturated rings. The molecule has 1 aliphatic rings. The van der Waals surface area contributed by atoms with Crippen LogP contribution in [0, 0.1) is 5.82 Å². The van der Waals surface area contributed by atoms with Gasteiger partial charge in [0.25, 0.3) is 5.91 Å². The van der Waals surface area contributed by atoms with Gasteiger partial charge >= 0.3 is 5.97 Å². The zero-order chi connectivity index (χ0) is 16.2. The van der Waals surface area contributed by atoms with Crippen molar-refractivity contribution in [1.29, 1.82) is 0 Å². The number of halogens is 2. The van der Waals surface area contributed by atoms with E-state index in [1.807, 2.05) is 0 Å². The van der Waals surface area contributed by atoms with Crippen molar-refractivity contribution in [3.05, 3.63) is 28.5 Å². The summed E-state index contributed by atoms with van der Waals surface area (Å²) in [6, 6.07) is 4.17. The molecule has 0 bridgehead atoms. The fraction of sp³-hybridized carbons (Fsp3) is 0.429. The van der Waals surface area contributed by atoms with Gasteiger partial charge in [-0.3, -0.25) is 4.79 Å². The largest absolute Gasteiger partial charge is 0.481 e. The van der Waals surface area contributed by atoms with E-state index in [4.69, 9.17) is 9.47 Å². The summed E-state index contributed by atoms with van der Waals surface area (Å²) in [4.78, 5) is 23.3. The minimum atomic E-state index is -1.35.